The lowest BCUT2D eigenvalue weighted by molar-refractivity contribution is -0.117. The molecule has 4 fully saturated rings. The van der Waals surface area contributed by atoms with Crippen LogP contribution >= 0.6 is 0 Å². The van der Waals surface area contributed by atoms with Crippen molar-refractivity contribution in [1.29, 1.82) is 0 Å². The molecule has 8 N–H and O–H groups in total. The molecule has 21 nitrogen and oxygen atoms in total. The van der Waals surface area contributed by atoms with Gasteiger partial charge in [-0.2, -0.15) is 4.98 Å². The molecule has 0 saturated heterocycles. The molecular weight excluding hydrogens is 1330 g/mol. The molecule has 0 bridgehead atoms. The summed E-state index contributed by atoms with van der Waals surface area (Å²) in [7, 11) is -12.8. The van der Waals surface area contributed by atoms with Gasteiger partial charge in [-0.3, -0.25) is 0 Å². The number of Topliss-reactive ketones (excluding diaryl/α,β-unsaturated/α-hetero) is 1. The molecule has 0 unspecified atom stereocenters. The van der Waals surface area contributed by atoms with Crippen LogP contribution in [0.3, 0.4) is 0 Å². The Bertz CT molecular complexity index is 4620. The van der Waals surface area contributed by atoms with Gasteiger partial charge in [0.15, 0.2) is 45.3 Å². The Morgan fingerprint density at radius 1 is 0.418 bits per heavy atom. The van der Waals surface area contributed by atoms with Crippen molar-refractivity contribution in [3.05, 3.63) is 211 Å². The van der Waals surface area contributed by atoms with Crippen LogP contribution in [0.15, 0.2) is 223 Å². The van der Waals surface area contributed by atoms with E-state index in [4.69, 9.17) is 46.4 Å². The van der Waals surface area contributed by atoms with Gasteiger partial charge in [0.05, 0.1) is 54.8 Å². The minimum Gasteiger partial charge on any atom is -0.457 e. The van der Waals surface area contributed by atoms with Crippen molar-refractivity contribution in [3.8, 4) is 57.4 Å². The number of nitrogens with two attached hydrogens (primary N) is 4. The van der Waals surface area contributed by atoms with Gasteiger partial charge in [0.1, 0.15) is 51.8 Å². The number of carbonyl (C=O) groups excluding carboxylic acids is 1. The highest BCUT2D eigenvalue weighted by Gasteiger charge is 2.32. The highest BCUT2D eigenvalue weighted by molar-refractivity contribution is 7.92. The molecule has 9 aromatic rings. The number of aromatic nitrogens is 2. The number of nitrogens with zero attached hydrogens (tertiary/aromatic N) is 3. The molecule has 0 radical (unpaired) electrons. The molecule has 0 aliphatic heterocycles. The van der Waals surface area contributed by atoms with E-state index in [0.717, 1.165) is 74.5 Å². The lowest BCUT2D eigenvalue weighted by Crippen LogP contribution is -2.21. The van der Waals surface area contributed by atoms with E-state index >= 15 is 0 Å². The smallest absolute Gasteiger partial charge is 0.240 e. The molecule has 1 heterocycles. The Balaban J connectivity index is 0.000000142. The van der Waals surface area contributed by atoms with E-state index < -0.39 is 39.3 Å². The Kier molecular flexibility index (Phi) is 23.7. The Morgan fingerprint density at radius 2 is 0.704 bits per heavy atom. The third-order valence-corrected chi connectivity index (χ3v) is 23.6. The number of sulfone groups is 4. The first-order valence-corrected chi connectivity index (χ1v) is 38.8. The summed E-state index contributed by atoms with van der Waals surface area (Å²) in [5, 5.41) is 3.86. The molecule has 4 saturated carbocycles. The fraction of sp³-hybridized carbons (Fsp3) is 0.288. The topological polar surface area (TPSA) is 346 Å². The summed E-state index contributed by atoms with van der Waals surface area (Å²) in [5.74, 6) is 8.28. The van der Waals surface area contributed by atoms with E-state index in [1.165, 1.54) is 0 Å². The van der Waals surface area contributed by atoms with Crippen molar-refractivity contribution < 1.29 is 61.9 Å². The molecule has 1 aromatic heterocycles. The van der Waals surface area contributed by atoms with Crippen molar-refractivity contribution in [2.75, 3.05) is 23.0 Å². The summed E-state index contributed by atoms with van der Waals surface area (Å²) in [6.07, 6.45) is 9.39. The van der Waals surface area contributed by atoms with E-state index in [9.17, 15) is 38.5 Å². The van der Waals surface area contributed by atoms with E-state index in [-0.39, 0.29) is 41.3 Å². The number of benzene rings is 8. The Hall–Kier alpha value is -9.24. The number of hydrogen-bond acceptors (Lipinski definition) is 19. The predicted octanol–water partition coefficient (Wildman–Crippen LogP) is 13.0. The molecule has 8 aromatic carbocycles. The molecule has 0 amide bonds. The standard InChI is InChI=1S/C20H22O4S.C19H19N3O4S.C17H19N3O3S.C17H19NO3S/c1-15(21)2-3-16-6-8-18(9-7-16)24-19-10-12-20(13-11-19)25(22,23)14-17-4-5-17;20-11-18-21-19(22-26-18)14-3-5-15(6-4-14)25-16-7-9-17(10-8-16)27(23,24)12-13-1-2-13;18-17(19)20-13-3-5-14(6-4-13)23-15-7-9-16(10-8-15)24(21,22)11-12-1-2-12;18-11-13-3-5-15(6-4-13)21-16-7-9-17(10-8-16)22(19,20)12-14-1-2-14/h6-13,17H,2-5,14H2,1H3;3-10,13H,1-2,11-12,20H2;3-10,12H,1-2,11H2,(H4,18,19,20);3-10,14H,1-2,11-12,18H2. The zero-order chi connectivity index (χ0) is 69.5. The molecule has 0 atom stereocenters. The van der Waals surface area contributed by atoms with Crippen LogP contribution in [0.25, 0.3) is 11.4 Å². The predicted molar refractivity (Wildman–Crippen MR) is 374 cm³/mol. The summed E-state index contributed by atoms with van der Waals surface area (Å²) < 4.78 is 126. The third kappa shape index (κ3) is 22.4. The summed E-state index contributed by atoms with van der Waals surface area (Å²) in [4.78, 5) is 20.5. The molecule has 98 heavy (non-hydrogen) atoms. The van der Waals surface area contributed by atoms with Crippen LogP contribution in [0.4, 0.5) is 5.69 Å². The number of carbonyl (C=O) groups is 1. The minimum atomic E-state index is -3.21. The van der Waals surface area contributed by atoms with Gasteiger partial charge in [-0.1, -0.05) is 29.4 Å². The monoisotopic (exact) mass is 1410 g/mol. The quantitative estimate of drug-likeness (QED) is 0.0274. The van der Waals surface area contributed by atoms with Crippen LogP contribution in [-0.4, -0.2) is 78.6 Å². The van der Waals surface area contributed by atoms with Crippen LogP contribution in [0, 0.1) is 23.7 Å². The number of ketones is 1. The van der Waals surface area contributed by atoms with Gasteiger partial charge < -0.3 is 51.2 Å². The first-order chi connectivity index (χ1) is 46.9. The zero-order valence-electron chi connectivity index (χ0n) is 54.1. The summed E-state index contributed by atoms with van der Waals surface area (Å²) in [6, 6.07) is 55.4. The van der Waals surface area contributed by atoms with Gasteiger partial charge in [0, 0.05) is 18.5 Å². The van der Waals surface area contributed by atoms with Gasteiger partial charge >= 0.3 is 0 Å². The maximum absolute atomic E-state index is 12.3. The van der Waals surface area contributed by atoms with Gasteiger partial charge in [-0.25, -0.2) is 38.7 Å². The van der Waals surface area contributed by atoms with E-state index in [0.29, 0.717) is 120 Å². The highest BCUT2D eigenvalue weighted by atomic mass is 32.2. The maximum atomic E-state index is 12.3. The van der Waals surface area contributed by atoms with Crippen LogP contribution in [0.1, 0.15) is 81.7 Å². The minimum absolute atomic E-state index is 0.00772. The first-order valence-electron chi connectivity index (χ1n) is 32.2. The summed E-state index contributed by atoms with van der Waals surface area (Å²) >= 11 is 0. The second kappa shape index (κ2) is 32.4. The van der Waals surface area contributed by atoms with Crippen molar-refractivity contribution >= 4 is 56.8 Å². The number of guanidine groups is 1. The van der Waals surface area contributed by atoms with Crippen molar-refractivity contribution in [2.45, 2.75) is 104 Å². The zero-order valence-corrected chi connectivity index (χ0v) is 57.4. The third-order valence-electron chi connectivity index (χ3n) is 16.0. The molecule has 25 heteroatoms. The normalized spacial score (nSPS) is 14.4. The molecule has 514 valence electrons. The first kappa shape index (κ1) is 71.5. The van der Waals surface area contributed by atoms with Crippen LogP contribution in [0.5, 0.6) is 46.0 Å². The molecule has 4 aliphatic rings. The fourth-order valence-corrected chi connectivity index (χ4v) is 16.6. The lowest BCUT2D eigenvalue weighted by atomic mass is 10.1. The Labute approximate surface area is 572 Å². The van der Waals surface area contributed by atoms with Crippen molar-refractivity contribution in [3.63, 3.8) is 0 Å². The second-order valence-corrected chi connectivity index (χ2v) is 32.8. The molecule has 13 rings (SSSR count). The number of aryl methyl sites for hydroxylation is 1. The summed E-state index contributed by atoms with van der Waals surface area (Å²) in [6.45, 7) is 2.28. The number of hydrogen-bond donors (Lipinski definition) is 4. The van der Waals surface area contributed by atoms with E-state index in [1.54, 1.807) is 140 Å². The SMILES string of the molecule is CC(=O)CCc1ccc(Oc2ccc(S(=O)(=O)CC3CC3)cc2)cc1.NC(N)=Nc1ccc(Oc2ccc(S(=O)(=O)CC3CC3)cc2)cc1.NCc1ccc(Oc2ccc(S(=O)(=O)CC3CC3)cc2)cc1.NCc1nc(-c2ccc(Oc3ccc(S(=O)(=O)CC4CC4)cc3)cc2)no1. The molecule has 4 aliphatic carbocycles. The highest BCUT2D eigenvalue weighted by Crippen LogP contribution is 2.37. The van der Waals surface area contributed by atoms with E-state index in [2.05, 4.69) is 15.1 Å². The van der Waals surface area contributed by atoms with Gasteiger partial charge in [0.2, 0.25) is 11.7 Å². The summed E-state index contributed by atoms with van der Waals surface area (Å²) in [5.41, 5.74) is 25.2. The van der Waals surface area contributed by atoms with Crippen LogP contribution in [-0.2, 0) is 63.7 Å². The lowest BCUT2D eigenvalue weighted by Gasteiger charge is -2.08. The number of rotatable bonds is 27. The average Bonchev–Trinajstić information content (AvgIpc) is 1.64. The van der Waals surface area contributed by atoms with Gasteiger partial charge in [-0.15, -0.1) is 0 Å². The van der Waals surface area contributed by atoms with Gasteiger partial charge in [0.25, 0.3) is 0 Å². The Morgan fingerprint density at radius 3 is 0.969 bits per heavy atom. The van der Waals surface area contributed by atoms with Crippen LogP contribution in [0.2, 0.25) is 0 Å². The largest absolute Gasteiger partial charge is 0.457 e. The maximum Gasteiger partial charge on any atom is 0.240 e. The molecular formula is C73H79N7O14S4. The van der Waals surface area contributed by atoms with Gasteiger partial charge in [-0.05, 0) is 269 Å². The molecule has 0 spiro atoms. The van der Waals surface area contributed by atoms with Crippen LogP contribution < -0.4 is 41.9 Å². The second-order valence-electron chi connectivity index (χ2n) is 24.7. The average molecular weight is 1410 g/mol. The van der Waals surface area contributed by atoms with Crippen molar-refractivity contribution in [1.82, 2.24) is 10.1 Å². The fourth-order valence-electron chi connectivity index (χ4n) is 9.77. The van der Waals surface area contributed by atoms with E-state index in [1.807, 2.05) is 60.7 Å². The number of ether oxygens (including phenoxy) is 4. The van der Waals surface area contributed by atoms with Crippen molar-refractivity contribution in [2.24, 2.45) is 51.6 Å². The number of aliphatic imine (C=N–C) groups is 1.